The lowest BCUT2D eigenvalue weighted by atomic mass is 10.0. The minimum Gasteiger partial charge on any atom is -0.486 e. The molecule has 0 radical (unpaired) electrons. The Morgan fingerprint density at radius 2 is 1.91 bits per heavy atom. The summed E-state index contributed by atoms with van der Waals surface area (Å²) in [6, 6.07) is 3.67. The minimum atomic E-state index is -1.09. The molecule has 124 valence electrons. The van der Waals surface area contributed by atoms with Crippen LogP contribution in [0.25, 0.3) is 11.0 Å². The van der Waals surface area contributed by atoms with Crippen molar-refractivity contribution >= 4 is 17.0 Å². The van der Waals surface area contributed by atoms with Crippen molar-refractivity contribution in [2.75, 3.05) is 13.2 Å². The number of fused-ring (bicyclic) bond motifs is 2. The maximum Gasteiger partial charge on any atom is 0.329 e. The first-order valence-electron chi connectivity index (χ1n) is 7.85. The van der Waals surface area contributed by atoms with Crippen molar-refractivity contribution in [3.63, 3.8) is 0 Å². The molecule has 0 atom stereocenters. The first-order chi connectivity index (χ1) is 10.8. The monoisotopic (exact) mass is 318 g/mol. The van der Waals surface area contributed by atoms with Crippen LogP contribution in [0.1, 0.15) is 33.5 Å². The van der Waals surface area contributed by atoms with Crippen molar-refractivity contribution in [3.05, 3.63) is 18.0 Å². The maximum atomic E-state index is 11.8. The number of imidazole rings is 1. The van der Waals surface area contributed by atoms with Gasteiger partial charge in [-0.25, -0.2) is 9.78 Å². The molecule has 1 aliphatic rings. The van der Waals surface area contributed by atoms with Crippen LogP contribution in [0.2, 0.25) is 0 Å². The summed E-state index contributed by atoms with van der Waals surface area (Å²) in [5.41, 5.74) is 0.402. The minimum absolute atomic E-state index is 0.372. The number of carbonyl (C=O) groups is 1. The van der Waals surface area contributed by atoms with Crippen molar-refractivity contribution in [1.82, 2.24) is 9.55 Å². The van der Waals surface area contributed by atoms with Gasteiger partial charge in [0.2, 0.25) is 0 Å². The molecule has 0 aliphatic carbocycles. The molecular weight excluding hydrogens is 296 g/mol. The average molecular weight is 318 g/mol. The van der Waals surface area contributed by atoms with Gasteiger partial charge in [-0.15, -0.1) is 0 Å². The zero-order chi connectivity index (χ0) is 16.8. The lowest BCUT2D eigenvalue weighted by molar-refractivity contribution is -0.145. The Bertz CT molecular complexity index is 762. The Labute approximate surface area is 135 Å². The van der Waals surface area contributed by atoms with Gasteiger partial charge in [-0.3, -0.25) is 0 Å². The molecule has 23 heavy (non-hydrogen) atoms. The van der Waals surface area contributed by atoms with Crippen LogP contribution in [0, 0.1) is 5.92 Å². The van der Waals surface area contributed by atoms with Gasteiger partial charge in [-0.2, -0.15) is 0 Å². The van der Waals surface area contributed by atoms with Crippen molar-refractivity contribution in [3.8, 4) is 11.5 Å². The van der Waals surface area contributed by atoms with Crippen LogP contribution < -0.4 is 9.47 Å². The topological polar surface area (TPSA) is 73.6 Å². The molecule has 2 heterocycles. The van der Waals surface area contributed by atoms with Crippen molar-refractivity contribution in [2.45, 2.75) is 39.7 Å². The SMILES string of the molecule is CC(C)Cc1nc2cc3c(cc2n1C(C)(C)C(=O)O)OCCO3. The fraction of sp³-hybridized carbons (Fsp3) is 0.529. The van der Waals surface area contributed by atoms with E-state index in [1.807, 2.05) is 16.7 Å². The summed E-state index contributed by atoms with van der Waals surface area (Å²) < 4.78 is 13.0. The highest BCUT2D eigenvalue weighted by atomic mass is 16.6. The van der Waals surface area contributed by atoms with Crippen LogP contribution in [0.3, 0.4) is 0 Å². The van der Waals surface area contributed by atoms with E-state index in [0.717, 1.165) is 16.9 Å². The normalized spacial score (nSPS) is 14.5. The summed E-state index contributed by atoms with van der Waals surface area (Å²) in [6.07, 6.45) is 0.706. The Morgan fingerprint density at radius 3 is 2.48 bits per heavy atom. The molecule has 0 saturated heterocycles. The molecule has 1 N–H and O–H groups in total. The Balaban J connectivity index is 2.26. The van der Waals surface area contributed by atoms with Crippen LogP contribution >= 0.6 is 0 Å². The fourth-order valence-electron chi connectivity index (χ4n) is 2.89. The van der Waals surface area contributed by atoms with Gasteiger partial charge in [-0.1, -0.05) is 13.8 Å². The third-order valence-corrected chi connectivity index (χ3v) is 4.06. The lowest BCUT2D eigenvalue weighted by Gasteiger charge is -2.26. The molecule has 0 unspecified atom stereocenters. The predicted molar refractivity (Wildman–Crippen MR) is 86.2 cm³/mol. The lowest BCUT2D eigenvalue weighted by Crippen LogP contribution is -2.37. The summed E-state index contributed by atoms with van der Waals surface area (Å²) >= 11 is 0. The van der Waals surface area contributed by atoms with Gasteiger partial charge in [0.05, 0.1) is 11.0 Å². The Kier molecular flexibility index (Phi) is 3.70. The second-order valence-corrected chi connectivity index (χ2v) is 6.81. The van der Waals surface area contributed by atoms with Crippen LogP contribution in [-0.4, -0.2) is 33.8 Å². The first kappa shape index (κ1) is 15.6. The number of benzene rings is 1. The third kappa shape index (κ3) is 2.62. The van der Waals surface area contributed by atoms with Gasteiger partial charge in [0.25, 0.3) is 0 Å². The van der Waals surface area contributed by atoms with Gasteiger partial charge in [0.15, 0.2) is 11.5 Å². The number of nitrogens with zero attached hydrogens (tertiary/aromatic N) is 2. The van der Waals surface area contributed by atoms with Gasteiger partial charge >= 0.3 is 5.97 Å². The molecule has 1 aliphatic heterocycles. The first-order valence-corrected chi connectivity index (χ1v) is 7.85. The van der Waals surface area contributed by atoms with Crippen molar-refractivity contribution in [1.29, 1.82) is 0 Å². The third-order valence-electron chi connectivity index (χ3n) is 4.06. The van der Waals surface area contributed by atoms with Crippen LogP contribution in [-0.2, 0) is 16.8 Å². The number of hydrogen-bond acceptors (Lipinski definition) is 4. The average Bonchev–Trinajstić information content (AvgIpc) is 2.80. The Morgan fingerprint density at radius 1 is 1.30 bits per heavy atom. The highest BCUT2D eigenvalue weighted by Crippen LogP contribution is 2.37. The second kappa shape index (κ2) is 5.44. The van der Waals surface area contributed by atoms with Gasteiger partial charge in [-0.05, 0) is 19.8 Å². The van der Waals surface area contributed by atoms with E-state index in [1.54, 1.807) is 13.8 Å². The molecule has 3 rings (SSSR count). The van der Waals surface area contributed by atoms with E-state index in [4.69, 9.17) is 9.47 Å². The quantitative estimate of drug-likeness (QED) is 0.938. The molecule has 1 aromatic heterocycles. The number of carboxylic acids is 1. The largest absolute Gasteiger partial charge is 0.486 e. The molecule has 0 spiro atoms. The van der Waals surface area contributed by atoms with Crippen LogP contribution in [0.4, 0.5) is 0 Å². The summed E-state index contributed by atoms with van der Waals surface area (Å²) in [4.78, 5) is 16.5. The molecule has 6 nitrogen and oxygen atoms in total. The predicted octanol–water partition coefficient (Wildman–Crippen LogP) is 2.83. The summed E-state index contributed by atoms with van der Waals surface area (Å²) in [6.45, 7) is 8.57. The molecule has 6 heteroatoms. The van der Waals surface area contributed by atoms with E-state index in [1.165, 1.54) is 0 Å². The molecule has 0 saturated carbocycles. The molecule has 0 fully saturated rings. The van der Waals surface area contributed by atoms with E-state index in [-0.39, 0.29) is 0 Å². The fourth-order valence-corrected chi connectivity index (χ4v) is 2.89. The number of carboxylic acid groups (broad SMARTS) is 1. The smallest absolute Gasteiger partial charge is 0.329 e. The molecule has 0 amide bonds. The number of rotatable bonds is 4. The zero-order valence-electron chi connectivity index (χ0n) is 13.9. The highest BCUT2D eigenvalue weighted by molar-refractivity contribution is 5.85. The Hall–Kier alpha value is -2.24. The summed E-state index contributed by atoms with van der Waals surface area (Å²) in [5.74, 6) is 1.55. The highest BCUT2D eigenvalue weighted by Gasteiger charge is 2.34. The zero-order valence-corrected chi connectivity index (χ0v) is 13.9. The maximum absolute atomic E-state index is 11.8. The van der Waals surface area contributed by atoms with E-state index in [2.05, 4.69) is 18.8 Å². The number of ether oxygens (including phenoxy) is 2. The summed E-state index contributed by atoms with van der Waals surface area (Å²) in [5, 5.41) is 9.66. The van der Waals surface area contributed by atoms with E-state index >= 15 is 0 Å². The van der Waals surface area contributed by atoms with Crippen molar-refractivity contribution < 1.29 is 19.4 Å². The molecule has 0 bridgehead atoms. The van der Waals surface area contributed by atoms with Gasteiger partial charge in [0, 0.05) is 18.6 Å². The molecule has 2 aromatic rings. The number of aliphatic carboxylic acids is 1. The van der Waals surface area contributed by atoms with Crippen molar-refractivity contribution in [2.24, 2.45) is 5.92 Å². The molecule has 1 aromatic carbocycles. The second-order valence-electron chi connectivity index (χ2n) is 6.81. The number of aromatic nitrogens is 2. The number of hydrogen-bond donors (Lipinski definition) is 1. The van der Waals surface area contributed by atoms with Gasteiger partial charge < -0.3 is 19.1 Å². The van der Waals surface area contributed by atoms with Crippen LogP contribution in [0.5, 0.6) is 11.5 Å². The van der Waals surface area contributed by atoms with Crippen LogP contribution in [0.15, 0.2) is 12.1 Å². The summed E-state index contributed by atoms with van der Waals surface area (Å²) in [7, 11) is 0. The molecular formula is C17H22N2O4. The van der Waals surface area contributed by atoms with E-state index in [0.29, 0.717) is 37.1 Å². The van der Waals surface area contributed by atoms with Gasteiger partial charge in [0.1, 0.15) is 24.6 Å². The standard InChI is InChI=1S/C17H22N2O4/c1-10(2)7-15-18-11-8-13-14(23-6-5-22-13)9-12(11)19(15)17(3,4)16(20)21/h8-10H,5-7H2,1-4H3,(H,20,21). The van der Waals surface area contributed by atoms with E-state index in [9.17, 15) is 9.90 Å². The van der Waals surface area contributed by atoms with E-state index < -0.39 is 11.5 Å².